The number of rotatable bonds is 6. The lowest BCUT2D eigenvalue weighted by Gasteiger charge is -2.30. The van der Waals surface area contributed by atoms with E-state index in [4.69, 9.17) is 9.47 Å². The molecule has 9 nitrogen and oxygen atoms in total. The number of pyridine rings is 1. The van der Waals surface area contributed by atoms with E-state index < -0.39 is 34.9 Å². The fraction of sp³-hybridized carbons (Fsp3) is 0.222. The molecule has 0 aliphatic carbocycles. The average Bonchev–Trinajstić information content (AvgIpc) is 3.37. The van der Waals surface area contributed by atoms with Crippen molar-refractivity contribution in [1.82, 2.24) is 9.97 Å². The summed E-state index contributed by atoms with van der Waals surface area (Å²) in [5.74, 6) is -3.51. The number of aromatic nitrogens is 2. The Bertz CT molecular complexity index is 1670. The minimum Gasteiger partial charge on any atom is -0.464 e. The van der Waals surface area contributed by atoms with Crippen LogP contribution in [0, 0.1) is 28.4 Å². The number of aliphatic hydroxyl groups is 1. The Morgan fingerprint density at radius 2 is 1.93 bits per heavy atom. The zero-order chi connectivity index (χ0) is 29.4. The van der Waals surface area contributed by atoms with Gasteiger partial charge < -0.3 is 29.6 Å². The Balaban J connectivity index is 1.45. The highest BCUT2D eigenvalue weighted by molar-refractivity contribution is 5.98. The Labute approximate surface area is 228 Å². The van der Waals surface area contributed by atoms with Crippen molar-refractivity contribution in [2.75, 3.05) is 25.1 Å². The number of nitriles is 1. The number of hydrogen-bond acceptors (Lipinski definition) is 8. The van der Waals surface area contributed by atoms with E-state index in [-0.39, 0.29) is 53.8 Å². The molecular formula is C27H20F5N5O4. The molecule has 212 valence electrons. The van der Waals surface area contributed by atoms with Crippen LogP contribution in [-0.4, -0.2) is 47.2 Å². The highest BCUT2D eigenvalue weighted by Gasteiger charge is 2.32. The third-order valence-corrected chi connectivity index (χ3v) is 6.18. The number of H-pyrrole nitrogens is 1. The van der Waals surface area contributed by atoms with Gasteiger partial charge in [-0.1, -0.05) is 13.0 Å². The lowest BCUT2D eigenvalue weighted by atomic mass is 9.93. The normalized spacial score (nSPS) is 17.0. The Morgan fingerprint density at radius 3 is 2.56 bits per heavy atom. The molecular weight excluding hydrogens is 553 g/mol. The second-order valence-corrected chi connectivity index (χ2v) is 9.48. The van der Waals surface area contributed by atoms with Gasteiger partial charge in [0.15, 0.2) is 17.4 Å². The van der Waals surface area contributed by atoms with Crippen molar-refractivity contribution in [3.63, 3.8) is 0 Å². The molecule has 5 rings (SSSR count). The first-order valence-electron chi connectivity index (χ1n) is 12.0. The van der Waals surface area contributed by atoms with Gasteiger partial charge in [0.05, 0.1) is 24.1 Å². The second-order valence-electron chi connectivity index (χ2n) is 9.48. The van der Waals surface area contributed by atoms with Crippen LogP contribution in [0.3, 0.4) is 0 Å². The number of nitrogens with one attached hydrogen (secondary N) is 2. The topological polar surface area (TPSA) is 125 Å². The smallest absolute Gasteiger partial charge is 0.464 e. The highest BCUT2D eigenvalue weighted by atomic mass is 19.4. The van der Waals surface area contributed by atoms with Gasteiger partial charge in [-0.2, -0.15) is 5.26 Å². The molecule has 2 aromatic heterocycles. The van der Waals surface area contributed by atoms with Crippen LogP contribution in [0.2, 0.25) is 0 Å². The van der Waals surface area contributed by atoms with Crippen LogP contribution >= 0.6 is 0 Å². The predicted octanol–water partition coefficient (Wildman–Crippen LogP) is 5.87. The van der Waals surface area contributed by atoms with E-state index in [9.17, 15) is 23.5 Å². The standard InChI is InChI=1S/C27H20F5N5O4/c1-26(12-38)11-36-25(39-13-26)37-16-7-18(28)23(19(29)8-16)40-21-4-5-34-24-22(21)17(10-35-24)14-2-3-20(15(6-14)9-33)41-27(30,31)32/h2-8,10,38H,11-13H2,1H3,(H,34,35)(H,36,37). The molecule has 0 bridgehead atoms. The minimum absolute atomic E-state index is 0.00566. The van der Waals surface area contributed by atoms with Crippen molar-refractivity contribution in [3.8, 4) is 34.4 Å². The number of aromatic amines is 1. The van der Waals surface area contributed by atoms with Crippen molar-refractivity contribution in [3.05, 3.63) is 66.0 Å². The molecule has 0 fully saturated rings. The third kappa shape index (κ3) is 5.85. The van der Waals surface area contributed by atoms with Crippen molar-refractivity contribution < 1.29 is 41.3 Å². The van der Waals surface area contributed by atoms with E-state index in [0.29, 0.717) is 11.1 Å². The SMILES string of the molecule is CC1(CO)CN=C(Nc2cc(F)c(Oc3ccnc4[nH]cc(-c5ccc(OC(F)(F)F)c(C#N)c5)c34)c(F)c2)OC1. The van der Waals surface area contributed by atoms with Gasteiger partial charge in [0.2, 0.25) is 0 Å². The third-order valence-electron chi connectivity index (χ3n) is 6.18. The number of hydrogen-bond donors (Lipinski definition) is 3. The molecule has 0 spiro atoms. The number of nitrogens with zero attached hydrogens (tertiary/aromatic N) is 3. The van der Waals surface area contributed by atoms with E-state index >= 15 is 8.78 Å². The van der Waals surface area contributed by atoms with Gasteiger partial charge in [0.1, 0.15) is 29.8 Å². The first kappa shape index (κ1) is 27.7. The summed E-state index contributed by atoms with van der Waals surface area (Å²) in [5.41, 5.74) is -0.0280. The number of benzene rings is 2. The monoisotopic (exact) mass is 573 g/mol. The quantitative estimate of drug-likeness (QED) is 0.247. The minimum atomic E-state index is -4.99. The number of aliphatic imine (C=N–C) groups is 1. The Kier molecular flexibility index (Phi) is 7.14. The fourth-order valence-corrected chi connectivity index (χ4v) is 4.07. The first-order chi connectivity index (χ1) is 19.5. The van der Waals surface area contributed by atoms with E-state index in [1.54, 1.807) is 13.0 Å². The van der Waals surface area contributed by atoms with Crippen molar-refractivity contribution >= 4 is 22.7 Å². The van der Waals surface area contributed by atoms with E-state index in [2.05, 4.69) is 25.0 Å². The summed E-state index contributed by atoms with van der Waals surface area (Å²) in [5, 5.41) is 21.7. The summed E-state index contributed by atoms with van der Waals surface area (Å²) >= 11 is 0. The number of amidine groups is 1. The Hall–Kier alpha value is -4.90. The van der Waals surface area contributed by atoms with Crippen LogP contribution in [0.15, 0.2) is 53.8 Å². The van der Waals surface area contributed by atoms with Gasteiger partial charge in [-0.3, -0.25) is 0 Å². The molecule has 14 heteroatoms. The summed E-state index contributed by atoms with van der Waals surface area (Å²) < 4.78 is 83.2. The van der Waals surface area contributed by atoms with Gasteiger partial charge in [0.25, 0.3) is 6.02 Å². The van der Waals surface area contributed by atoms with Gasteiger partial charge in [-0.05, 0) is 23.8 Å². The van der Waals surface area contributed by atoms with Gasteiger partial charge in [0, 0.05) is 41.2 Å². The molecule has 1 atom stereocenters. The summed E-state index contributed by atoms with van der Waals surface area (Å²) in [6.07, 6.45) is -2.18. The van der Waals surface area contributed by atoms with Crippen molar-refractivity contribution in [2.24, 2.45) is 10.4 Å². The van der Waals surface area contributed by atoms with Crippen molar-refractivity contribution in [1.29, 1.82) is 5.26 Å². The van der Waals surface area contributed by atoms with Gasteiger partial charge >= 0.3 is 6.36 Å². The maximum Gasteiger partial charge on any atom is 0.573 e. The molecule has 1 aliphatic rings. The number of aliphatic hydroxyl groups excluding tert-OH is 1. The first-order valence-corrected chi connectivity index (χ1v) is 12.0. The van der Waals surface area contributed by atoms with E-state index in [1.807, 2.05) is 0 Å². The lowest BCUT2D eigenvalue weighted by molar-refractivity contribution is -0.274. The van der Waals surface area contributed by atoms with Gasteiger partial charge in [-0.15, -0.1) is 13.2 Å². The highest BCUT2D eigenvalue weighted by Crippen LogP contribution is 2.40. The lowest BCUT2D eigenvalue weighted by Crippen LogP contribution is -2.38. The number of fused-ring (bicyclic) bond motifs is 1. The maximum absolute atomic E-state index is 15.1. The number of halogens is 5. The largest absolute Gasteiger partial charge is 0.573 e. The molecule has 0 radical (unpaired) electrons. The number of anilines is 1. The number of ether oxygens (including phenoxy) is 3. The Morgan fingerprint density at radius 1 is 1.17 bits per heavy atom. The van der Waals surface area contributed by atoms with E-state index in [1.165, 1.54) is 30.6 Å². The molecule has 2 aromatic carbocycles. The summed E-state index contributed by atoms with van der Waals surface area (Å²) in [7, 11) is 0. The molecule has 1 unspecified atom stereocenters. The van der Waals surface area contributed by atoms with Crippen molar-refractivity contribution in [2.45, 2.75) is 13.3 Å². The zero-order valence-electron chi connectivity index (χ0n) is 21.1. The second kappa shape index (κ2) is 10.6. The molecule has 41 heavy (non-hydrogen) atoms. The fourth-order valence-electron chi connectivity index (χ4n) is 4.07. The molecule has 0 saturated heterocycles. The van der Waals surface area contributed by atoms with Crippen LogP contribution < -0.4 is 14.8 Å². The summed E-state index contributed by atoms with van der Waals surface area (Å²) in [6.45, 7) is 2.06. The molecule has 0 saturated carbocycles. The van der Waals surface area contributed by atoms with Crippen LogP contribution in [0.1, 0.15) is 12.5 Å². The zero-order valence-corrected chi connectivity index (χ0v) is 21.1. The molecule has 1 aliphatic heterocycles. The number of alkyl halides is 3. The average molecular weight is 573 g/mol. The van der Waals surface area contributed by atoms with Crippen LogP contribution in [-0.2, 0) is 4.74 Å². The molecule has 3 N–H and O–H groups in total. The molecule has 3 heterocycles. The summed E-state index contributed by atoms with van der Waals surface area (Å²) in [6, 6.07) is 8.50. The molecule has 4 aromatic rings. The van der Waals surface area contributed by atoms with E-state index in [0.717, 1.165) is 18.2 Å². The maximum atomic E-state index is 15.1. The van der Waals surface area contributed by atoms with Gasteiger partial charge in [-0.25, -0.2) is 18.8 Å². The molecule has 0 amide bonds. The van der Waals surface area contributed by atoms with Crippen LogP contribution in [0.4, 0.5) is 27.6 Å². The van der Waals surface area contributed by atoms with Crippen LogP contribution in [0.5, 0.6) is 17.2 Å². The summed E-state index contributed by atoms with van der Waals surface area (Å²) in [4.78, 5) is 11.2. The predicted molar refractivity (Wildman–Crippen MR) is 136 cm³/mol. The van der Waals surface area contributed by atoms with Crippen LogP contribution in [0.25, 0.3) is 22.2 Å².